The van der Waals surface area contributed by atoms with Crippen molar-refractivity contribution in [1.29, 1.82) is 0 Å². The Morgan fingerprint density at radius 3 is 2.74 bits per heavy atom. The molecule has 5 heteroatoms. The van der Waals surface area contributed by atoms with E-state index in [1.54, 1.807) is 12.3 Å². The number of benzene rings is 1. The number of halogens is 3. The van der Waals surface area contributed by atoms with Crippen molar-refractivity contribution in [2.75, 3.05) is 5.32 Å². The van der Waals surface area contributed by atoms with Gasteiger partial charge in [0.05, 0.1) is 17.9 Å². The van der Waals surface area contributed by atoms with Gasteiger partial charge in [0, 0.05) is 10.0 Å². The van der Waals surface area contributed by atoms with Crippen LogP contribution < -0.4 is 5.32 Å². The monoisotopic (exact) mass is 342 g/mol. The van der Waals surface area contributed by atoms with Gasteiger partial charge in [0.1, 0.15) is 11.0 Å². The van der Waals surface area contributed by atoms with Crippen LogP contribution in [0.4, 0.5) is 10.1 Å². The molecular formula is C14H13BrClFN2. The summed E-state index contributed by atoms with van der Waals surface area (Å²) < 4.78 is 14.6. The SMILES string of the molecule is Cc1cc(NC(C)c2ccc(Br)cc2F)cnc1Cl. The number of rotatable bonds is 3. The summed E-state index contributed by atoms with van der Waals surface area (Å²) in [6, 6.07) is 6.77. The predicted molar refractivity (Wildman–Crippen MR) is 80.1 cm³/mol. The van der Waals surface area contributed by atoms with Crippen LogP contribution in [0.5, 0.6) is 0 Å². The van der Waals surface area contributed by atoms with E-state index in [1.165, 1.54) is 6.07 Å². The Bertz CT molecular complexity index is 604. The lowest BCUT2D eigenvalue weighted by Gasteiger charge is -2.17. The van der Waals surface area contributed by atoms with Crippen molar-refractivity contribution < 1.29 is 4.39 Å². The second kappa shape index (κ2) is 5.88. The first-order chi connectivity index (χ1) is 8.97. The number of pyridine rings is 1. The number of nitrogens with zero attached hydrogens (tertiary/aromatic N) is 1. The van der Waals surface area contributed by atoms with Gasteiger partial charge in [0.25, 0.3) is 0 Å². The average molecular weight is 344 g/mol. The molecule has 1 aromatic carbocycles. The highest BCUT2D eigenvalue weighted by atomic mass is 79.9. The highest BCUT2D eigenvalue weighted by molar-refractivity contribution is 9.10. The normalized spacial score (nSPS) is 12.3. The van der Waals surface area contributed by atoms with Gasteiger partial charge in [-0.2, -0.15) is 0 Å². The lowest BCUT2D eigenvalue weighted by Crippen LogP contribution is -2.09. The Morgan fingerprint density at radius 2 is 2.11 bits per heavy atom. The summed E-state index contributed by atoms with van der Waals surface area (Å²) in [5.74, 6) is -0.243. The molecule has 0 aliphatic carbocycles. The van der Waals surface area contributed by atoms with E-state index in [2.05, 4.69) is 26.2 Å². The van der Waals surface area contributed by atoms with E-state index in [1.807, 2.05) is 26.0 Å². The van der Waals surface area contributed by atoms with Crippen LogP contribution in [0.25, 0.3) is 0 Å². The van der Waals surface area contributed by atoms with Crippen LogP contribution in [-0.4, -0.2) is 4.98 Å². The molecule has 0 bridgehead atoms. The zero-order valence-electron chi connectivity index (χ0n) is 10.5. The fraction of sp³-hybridized carbons (Fsp3) is 0.214. The van der Waals surface area contributed by atoms with E-state index in [-0.39, 0.29) is 11.9 Å². The number of nitrogens with one attached hydrogen (secondary N) is 1. The lowest BCUT2D eigenvalue weighted by molar-refractivity contribution is 0.599. The van der Waals surface area contributed by atoms with Crippen LogP contribution in [0, 0.1) is 12.7 Å². The first kappa shape index (κ1) is 14.3. The largest absolute Gasteiger partial charge is 0.377 e. The fourth-order valence-corrected chi connectivity index (χ4v) is 2.25. The van der Waals surface area contributed by atoms with Gasteiger partial charge in [-0.3, -0.25) is 0 Å². The van der Waals surface area contributed by atoms with Gasteiger partial charge in [-0.15, -0.1) is 0 Å². The second-order valence-electron chi connectivity index (χ2n) is 4.36. The van der Waals surface area contributed by atoms with Gasteiger partial charge < -0.3 is 5.32 Å². The summed E-state index contributed by atoms with van der Waals surface area (Å²) in [5.41, 5.74) is 2.31. The van der Waals surface area contributed by atoms with Gasteiger partial charge in [-0.1, -0.05) is 33.6 Å². The summed E-state index contributed by atoms with van der Waals surface area (Å²) in [7, 11) is 0. The van der Waals surface area contributed by atoms with E-state index in [9.17, 15) is 4.39 Å². The zero-order chi connectivity index (χ0) is 14.0. The maximum absolute atomic E-state index is 13.8. The van der Waals surface area contributed by atoms with E-state index in [4.69, 9.17) is 11.6 Å². The third-order valence-corrected chi connectivity index (χ3v) is 3.72. The topological polar surface area (TPSA) is 24.9 Å². The third-order valence-electron chi connectivity index (χ3n) is 2.83. The Morgan fingerprint density at radius 1 is 1.37 bits per heavy atom. The molecule has 19 heavy (non-hydrogen) atoms. The Hall–Kier alpha value is -1.13. The number of hydrogen-bond donors (Lipinski definition) is 1. The molecule has 0 radical (unpaired) electrons. The molecule has 1 unspecified atom stereocenters. The van der Waals surface area contributed by atoms with Crippen LogP contribution in [0.2, 0.25) is 5.15 Å². The van der Waals surface area contributed by atoms with Gasteiger partial charge >= 0.3 is 0 Å². The van der Waals surface area contributed by atoms with Crippen molar-refractivity contribution in [2.45, 2.75) is 19.9 Å². The molecule has 0 saturated carbocycles. The first-order valence-electron chi connectivity index (χ1n) is 5.81. The number of aromatic nitrogens is 1. The molecule has 0 aliphatic rings. The van der Waals surface area contributed by atoms with Crippen molar-refractivity contribution in [1.82, 2.24) is 4.98 Å². The molecule has 1 aromatic heterocycles. The molecule has 1 atom stereocenters. The minimum Gasteiger partial charge on any atom is -0.377 e. The highest BCUT2D eigenvalue weighted by Crippen LogP contribution is 2.25. The Balaban J connectivity index is 2.20. The molecule has 1 heterocycles. The zero-order valence-corrected chi connectivity index (χ0v) is 12.9. The third kappa shape index (κ3) is 3.45. The minimum atomic E-state index is -0.243. The van der Waals surface area contributed by atoms with Crippen molar-refractivity contribution in [3.63, 3.8) is 0 Å². The molecule has 100 valence electrons. The van der Waals surface area contributed by atoms with Gasteiger partial charge in [0.2, 0.25) is 0 Å². The molecule has 0 spiro atoms. The number of anilines is 1. The van der Waals surface area contributed by atoms with Gasteiger partial charge in [-0.25, -0.2) is 9.37 Å². The van der Waals surface area contributed by atoms with E-state index in [0.29, 0.717) is 10.7 Å². The summed E-state index contributed by atoms with van der Waals surface area (Å²) in [6.07, 6.45) is 1.64. The van der Waals surface area contributed by atoms with E-state index in [0.717, 1.165) is 15.7 Å². The van der Waals surface area contributed by atoms with Crippen LogP contribution in [-0.2, 0) is 0 Å². The summed E-state index contributed by atoms with van der Waals surface area (Å²) in [4.78, 5) is 4.06. The first-order valence-corrected chi connectivity index (χ1v) is 6.98. The summed E-state index contributed by atoms with van der Waals surface area (Å²) in [5, 5.41) is 3.69. The van der Waals surface area contributed by atoms with E-state index < -0.39 is 0 Å². The van der Waals surface area contributed by atoms with Gasteiger partial charge in [-0.05, 0) is 37.6 Å². The molecule has 2 nitrogen and oxygen atoms in total. The van der Waals surface area contributed by atoms with Crippen molar-refractivity contribution in [3.05, 3.63) is 57.0 Å². The maximum atomic E-state index is 13.8. The molecule has 0 aliphatic heterocycles. The predicted octanol–water partition coefficient (Wildman–Crippen LogP) is 5.12. The van der Waals surface area contributed by atoms with Crippen LogP contribution in [0.15, 0.2) is 34.9 Å². The summed E-state index contributed by atoms with van der Waals surface area (Å²) >= 11 is 9.12. The van der Waals surface area contributed by atoms with E-state index >= 15 is 0 Å². The smallest absolute Gasteiger partial charge is 0.132 e. The van der Waals surface area contributed by atoms with Crippen molar-refractivity contribution in [3.8, 4) is 0 Å². The number of hydrogen-bond acceptors (Lipinski definition) is 2. The average Bonchev–Trinajstić information content (AvgIpc) is 2.33. The number of aryl methyl sites for hydroxylation is 1. The molecule has 0 amide bonds. The van der Waals surface area contributed by atoms with Gasteiger partial charge in [0.15, 0.2) is 0 Å². The standard InChI is InChI=1S/C14H13BrClFN2/c1-8-5-11(7-18-14(8)16)19-9(2)12-4-3-10(15)6-13(12)17/h3-7,9,19H,1-2H3. The fourth-order valence-electron chi connectivity index (χ4n) is 1.82. The molecular weight excluding hydrogens is 331 g/mol. The van der Waals surface area contributed by atoms with Crippen LogP contribution in [0.3, 0.4) is 0 Å². The summed E-state index contributed by atoms with van der Waals surface area (Å²) in [6.45, 7) is 3.78. The van der Waals surface area contributed by atoms with Crippen molar-refractivity contribution in [2.24, 2.45) is 0 Å². The second-order valence-corrected chi connectivity index (χ2v) is 5.64. The molecule has 1 N–H and O–H groups in total. The molecule has 2 rings (SSSR count). The van der Waals surface area contributed by atoms with Crippen LogP contribution in [0.1, 0.15) is 24.1 Å². The Labute approximate surface area is 125 Å². The molecule has 0 saturated heterocycles. The van der Waals surface area contributed by atoms with Crippen molar-refractivity contribution >= 4 is 33.2 Å². The highest BCUT2D eigenvalue weighted by Gasteiger charge is 2.11. The van der Waals surface area contributed by atoms with Crippen LogP contribution >= 0.6 is 27.5 Å². The quantitative estimate of drug-likeness (QED) is 0.783. The molecule has 2 aromatic rings. The maximum Gasteiger partial charge on any atom is 0.132 e. The molecule has 0 fully saturated rings. The lowest BCUT2D eigenvalue weighted by atomic mass is 10.1. The Kier molecular flexibility index (Phi) is 4.42. The minimum absolute atomic E-state index is 0.157.